The molecule has 6 heteroatoms. The predicted octanol–water partition coefficient (Wildman–Crippen LogP) is 1.42. The van der Waals surface area contributed by atoms with Crippen molar-refractivity contribution in [3.05, 3.63) is 28.2 Å². The Hall–Kier alpha value is -0.430. The second-order valence-electron chi connectivity index (χ2n) is 3.62. The van der Waals surface area contributed by atoms with Crippen LogP contribution in [0, 0.1) is 6.92 Å². The van der Waals surface area contributed by atoms with Crippen LogP contribution in [0.2, 0.25) is 0 Å². The Balaban J connectivity index is 3.03. The Morgan fingerprint density at radius 3 is 2.62 bits per heavy atom. The fraction of sp³-hybridized carbons (Fsp3) is 0.400. The summed E-state index contributed by atoms with van der Waals surface area (Å²) in [5, 5.41) is 8.81. The van der Waals surface area contributed by atoms with Gasteiger partial charge in [0.15, 0.2) is 0 Å². The van der Waals surface area contributed by atoms with E-state index in [1.54, 1.807) is 19.1 Å². The van der Waals surface area contributed by atoms with Gasteiger partial charge in [-0.05, 0) is 37.6 Å². The van der Waals surface area contributed by atoms with Crippen LogP contribution in [-0.2, 0) is 10.0 Å². The van der Waals surface area contributed by atoms with E-state index in [0.717, 1.165) is 10.0 Å². The summed E-state index contributed by atoms with van der Waals surface area (Å²) in [6.45, 7) is 3.19. The van der Waals surface area contributed by atoms with E-state index in [-0.39, 0.29) is 11.5 Å². The van der Waals surface area contributed by atoms with Gasteiger partial charge in [0, 0.05) is 10.5 Å². The molecule has 0 unspecified atom stereocenters. The van der Waals surface area contributed by atoms with Crippen LogP contribution >= 0.6 is 15.9 Å². The molecule has 1 aromatic carbocycles. The molecule has 0 fully saturated rings. The molecule has 0 aliphatic carbocycles. The molecule has 0 heterocycles. The minimum Gasteiger partial charge on any atom is -0.395 e. The molecule has 0 spiro atoms. The van der Waals surface area contributed by atoms with E-state index in [4.69, 9.17) is 5.11 Å². The molecule has 1 rings (SSSR count). The Bertz CT molecular complexity index is 473. The van der Waals surface area contributed by atoms with Gasteiger partial charge >= 0.3 is 0 Å². The Morgan fingerprint density at radius 2 is 2.12 bits per heavy atom. The van der Waals surface area contributed by atoms with Crippen molar-refractivity contribution >= 4 is 26.0 Å². The highest BCUT2D eigenvalue weighted by atomic mass is 79.9. The summed E-state index contributed by atoms with van der Waals surface area (Å²) < 4.78 is 26.9. The molecular weight excluding hydrogens is 294 g/mol. The predicted molar refractivity (Wildman–Crippen MR) is 65.7 cm³/mol. The number of rotatable bonds is 4. The van der Waals surface area contributed by atoms with E-state index < -0.39 is 16.1 Å². The maximum atomic E-state index is 11.8. The standard InChI is InChI=1S/C10H14BrNO3S/c1-7-5-9(3-4-10(7)11)16(14,15)12-8(2)6-13/h3-5,8,12-13H,6H2,1-2H3/t8-/m0/s1. The molecule has 2 N–H and O–H groups in total. The lowest BCUT2D eigenvalue weighted by atomic mass is 10.2. The molecule has 16 heavy (non-hydrogen) atoms. The van der Waals surface area contributed by atoms with Gasteiger partial charge < -0.3 is 5.11 Å². The van der Waals surface area contributed by atoms with Crippen molar-refractivity contribution in [2.75, 3.05) is 6.61 Å². The Labute approximate surface area is 104 Å². The quantitative estimate of drug-likeness (QED) is 0.884. The highest BCUT2D eigenvalue weighted by Gasteiger charge is 2.17. The maximum absolute atomic E-state index is 11.8. The maximum Gasteiger partial charge on any atom is 0.240 e. The molecule has 0 saturated heterocycles. The van der Waals surface area contributed by atoms with Crippen molar-refractivity contribution in [2.45, 2.75) is 24.8 Å². The Kier molecular flexibility index (Phi) is 4.49. The molecule has 0 saturated carbocycles. The van der Waals surface area contributed by atoms with Crippen LogP contribution in [0.4, 0.5) is 0 Å². The van der Waals surface area contributed by atoms with Crippen molar-refractivity contribution in [1.82, 2.24) is 4.72 Å². The van der Waals surface area contributed by atoms with Gasteiger partial charge in [-0.2, -0.15) is 0 Å². The number of hydrogen-bond acceptors (Lipinski definition) is 3. The van der Waals surface area contributed by atoms with E-state index in [2.05, 4.69) is 20.7 Å². The summed E-state index contributed by atoms with van der Waals surface area (Å²) in [6.07, 6.45) is 0. The number of aliphatic hydroxyl groups excluding tert-OH is 1. The average Bonchev–Trinajstić information content (AvgIpc) is 2.21. The zero-order chi connectivity index (χ0) is 12.3. The largest absolute Gasteiger partial charge is 0.395 e. The van der Waals surface area contributed by atoms with E-state index in [1.807, 2.05) is 6.92 Å². The van der Waals surface area contributed by atoms with Crippen molar-refractivity contribution < 1.29 is 13.5 Å². The van der Waals surface area contributed by atoms with Crippen LogP contribution in [0.5, 0.6) is 0 Å². The molecule has 0 radical (unpaired) electrons. The minimum absolute atomic E-state index is 0.202. The third kappa shape index (κ3) is 3.28. The zero-order valence-electron chi connectivity index (χ0n) is 9.07. The topological polar surface area (TPSA) is 66.4 Å². The van der Waals surface area contributed by atoms with Gasteiger partial charge in [-0.15, -0.1) is 0 Å². The van der Waals surface area contributed by atoms with Gasteiger partial charge in [0.25, 0.3) is 0 Å². The number of halogens is 1. The fourth-order valence-corrected chi connectivity index (χ4v) is 2.72. The summed E-state index contributed by atoms with van der Waals surface area (Å²) >= 11 is 3.31. The smallest absolute Gasteiger partial charge is 0.240 e. The normalized spacial score (nSPS) is 13.8. The van der Waals surface area contributed by atoms with E-state index in [9.17, 15) is 8.42 Å². The number of aliphatic hydroxyl groups is 1. The second kappa shape index (κ2) is 5.27. The molecule has 0 aromatic heterocycles. The second-order valence-corrected chi connectivity index (χ2v) is 6.18. The van der Waals surface area contributed by atoms with Gasteiger partial charge in [0.05, 0.1) is 11.5 Å². The molecule has 0 aliphatic heterocycles. The van der Waals surface area contributed by atoms with Gasteiger partial charge in [0.2, 0.25) is 10.0 Å². The van der Waals surface area contributed by atoms with Crippen molar-refractivity contribution in [2.24, 2.45) is 0 Å². The minimum atomic E-state index is -3.54. The number of hydrogen-bond donors (Lipinski definition) is 2. The summed E-state index contributed by atoms with van der Waals surface area (Å²) in [5.74, 6) is 0. The first kappa shape index (κ1) is 13.6. The average molecular weight is 308 g/mol. The lowest BCUT2D eigenvalue weighted by molar-refractivity contribution is 0.265. The molecule has 1 atom stereocenters. The number of aryl methyl sites for hydroxylation is 1. The fourth-order valence-electron chi connectivity index (χ4n) is 1.15. The number of benzene rings is 1. The van der Waals surface area contributed by atoms with Gasteiger partial charge in [-0.1, -0.05) is 15.9 Å². The monoisotopic (exact) mass is 307 g/mol. The molecule has 1 aromatic rings. The summed E-state index contributed by atoms with van der Waals surface area (Å²) in [4.78, 5) is 0.202. The highest BCUT2D eigenvalue weighted by Crippen LogP contribution is 2.19. The lowest BCUT2D eigenvalue weighted by Crippen LogP contribution is -2.35. The van der Waals surface area contributed by atoms with E-state index in [1.165, 1.54) is 6.07 Å². The Morgan fingerprint density at radius 1 is 1.50 bits per heavy atom. The first-order valence-electron chi connectivity index (χ1n) is 4.76. The number of sulfonamides is 1. The third-order valence-corrected chi connectivity index (χ3v) is 4.55. The lowest BCUT2D eigenvalue weighted by Gasteiger charge is -2.12. The van der Waals surface area contributed by atoms with Crippen LogP contribution < -0.4 is 4.72 Å². The van der Waals surface area contributed by atoms with Crippen molar-refractivity contribution in [1.29, 1.82) is 0 Å². The van der Waals surface area contributed by atoms with Crippen LogP contribution in [0.15, 0.2) is 27.6 Å². The van der Waals surface area contributed by atoms with Crippen molar-refractivity contribution in [3.8, 4) is 0 Å². The molecule has 0 aliphatic rings. The van der Waals surface area contributed by atoms with Crippen LogP contribution in [0.1, 0.15) is 12.5 Å². The van der Waals surface area contributed by atoms with Crippen LogP contribution in [-0.4, -0.2) is 26.2 Å². The zero-order valence-corrected chi connectivity index (χ0v) is 11.5. The van der Waals surface area contributed by atoms with Gasteiger partial charge in [0.1, 0.15) is 0 Å². The molecule has 4 nitrogen and oxygen atoms in total. The highest BCUT2D eigenvalue weighted by molar-refractivity contribution is 9.10. The van der Waals surface area contributed by atoms with Gasteiger partial charge in [-0.25, -0.2) is 13.1 Å². The number of nitrogens with one attached hydrogen (secondary N) is 1. The molecule has 90 valence electrons. The molecule has 0 amide bonds. The first-order chi connectivity index (χ1) is 7.36. The SMILES string of the molecule is Cc1cc(S(=O)(=O)N[C@@H](C)CO)ccc1Br. The first-order valence-corrected chi connectivity index (χ1v) is 7.04. The summed E-state index contributed by atoms with van der Waals surface area (Å²) in [7, 11) is -3.54. The molecule has 0 bridgehead atoms. The van der Waals surface area contributed by atoms with E-state index in [0.29, 0.717) is 0 Å². The van der Waals surface area contributed by atoms with Crippen LogP contribution in [0.25, 0.3) is 0 Å². The third-order valence-electron chi connectivity index (χ3n) is 2.07. The van der Waals surface area contributed by atoms with Crippen LogP contribution in [0.3, 0.4) is 0 Å². The molecular formula is C10H14BrNO3S. The summed E-state index contributed by atoms with van der Waals surface area (Å²) in [6, 6.07) is 4.29. The van der Waals surface area contributed by atoms with Gasteiger partial charge in [-0.3, -0.25) is 0 Å². The summed E-state index contributed by atoms with van der Waals surface area (Å²) in [5.41, 5.74) is 0.847. The van der Waals surface area contributed by atoms with E-state index >= 15 is 0 Å². The van der Waals surface area contributed by atoms with Crippen molar-refractivity contribution in [3.63, 3.8) is 0 Å².